The van der Waals surface area contributed by atoms with Crippen molar-refractivity contribution in [3.8, 4) is 0 Å². The predicted octanol–water partition coefficient (Wildman–Crippen LogP) is 2.00. The molecule has 2 aliphatic rings. The lowest BCUT2D eigenvalue weighted by molar-refractivity contribution is 0.0139. The summed E-state index contributed by atoms with van der Waals surface area (Å²) in [6.07, 6.45) is 1.83. The number of aliphatic hydroxyl groups excluding tert-OH is 1. The molecule has 0 unspecified atom stereocenters. The van der Waals surface area contributed by atoms with E-state index in [0.29, 0.717) is 6.42 Å². The van der Waals surface area contributed by atoms with Crippen LogP contribution in [-0.2, 0) is 9.84 Å². The Hall–Kier alpha value is -0.0900. The smallest absolute Gasteiger partial charge is 0.156 e. The van der Waals surface area contributed by atoms with Crippen LogP contribution in [0, 0.1) is 16.7 Å². The van der Waals surface area contributed by atoms with Gasteiger partial charge in [-0.15, -0.1) is 0 Å². The maximum atomic E-state index is 12.3. The van der Waals surface area contributed by atoms with E-state index in [4.69, 9.17) is 0 Å². The van der Waals surface area contributed by atoms with Crippen LogP contribution in [0.5, 0.6) is 0 Å². The molecule has 4 heteroatoms. The Labute approximate surface area is 105 Å². The molecule has 0 amide bonds. The molecule has 0 aromatic heterocycles. The Morgan fingerprint density at radius 3 is 2.29 bits per heavy atom. The van der Waals surface area contributed by atoms with E-state index in [1.807, 2.05) is 6.92 Å². The fourth-order valence-corrected chi connectivity index (χ4v) is 6.63. The molecule has 0 radical (unpaired) electrons. The summed E-state index contributed by atoms with van der Waals surface area (Å²) < 4.78 is 24.6. The number of aliphatic hydroxyl groups is 1. The third-order valence-corrected chi connectivity index (χ3v) is 8.03. The summed E-state index contributed by atoms with van der Waals surface area (Å²) >= 11 is 0. The molecule has 3 nitrogen and oxygen atoms in total. The van der Waals surface area contributed by atoms with Crippen LogP contribution in [0.25, 0.3) is 0 Å². The standard InChI is InChI=1S/C13H24O3S/c1-5-8-17(15,16)10-9-6-7-13(4,11(10)14)12(9,2)3/h9-11,14H,5-8H2,1-4H3/t9-,10-,11-,13+/m1/s1. The normalized spacial score (nSPS) is 44.2. The second-order valence-corrected chi connectivity index (χ2v) is 8.84. The number of hydrogen-bond acceptors (Lipinski definition) is 3. The number of rotatable bonds is 3. The van der Waals surface area contributed by atoms with Crippen LogP contribution in [0.3, 0.4) is 0 Å². The average molecular weight is 260 g/mol. The van der Waals surface area contributed by atoms with Gasteiger partial charge in [0.05, 0.1) is 17.1 Å². The van der Waals surface area contributed by atoms with Crippen LogP contribution in [0.4, 0.5) is 0 Å². The van der Waals surface area contributed by atoms with Crippen LogP contribution in [0.2, 0.25) is 0 Å². The third-order valence-electron chi connectivity index (χ3n) is 5.64. The van der Waals surface area contributed by atoms with Crippen molar-refractivity contribution in [2.24, 2.45) is 16.7 Å². The van der Waals surface area contributed by atoms with E-state index in [0.717, 1.165) is 12.8 Å². The van der Waals surface area contributed by atoms with E-state index >= 15 is 0 Å². The van der Waals surface area contributed by atoms with Gasteiger partial charge in [-0.1, -0.05) is 27.7 Å². The molecule has 2 fully saturated rings. The lowest BCUT2D eigenvalue weighted by Gasteiger charge is -2.37. The Bertz CT molecular complexity index is 412. The second kappa shape index (κ2) is 3.70. The number of fused-ring (bicyclic) bond motifs is 2. The Kier molecular flexibility index (Phi) is 2.91. The molecule has 0 saturated heterocycles. The van der Waals surface area contributed by atoms with Crippen molar-refractivity contribution in [3.05, 3.63) is 0 Å². The molecule has 4 atom stereocenters. The predicted molar refractivity (Wildman–Crippen MR) is 68.5 cm³/mol. The highest BCUT2D eigenvalue weighted by molar-refractivity contribution is 7.92. The zero-order valence-electron chi connectivity index (χ0n) is 11.2. The lowest BCUT2D eigenvalue weighted by Crippen LogP contribution is -2.44. The molecule has 0 aliphatic heterocycles. The number of sulfone groups is 1. The molecule has 2 saturated carbocycles. The quantitative estimate of drug-likeness (QED) is 0.844. The highest BCUT2D eigenvalue weighted by atomic mass is 32.2. The molecule has 100 valence electrons. The molecule has 0 heterocycles. The third kappa shape index (κ3) is 1.53. The van der Waals surface area contributed by atoms with Gasteiger partial charge in [0.15, 0.2) is 9.84 Å². The fourth-order valence-electron chi connectivity index (χ4n) is 4.12. The molecule has 0 aromatic carbocycles. The van der Waals surface area contributed by atoms with E-state index in [2.05, 4.69) is 20.8 Å². The van der Waals surface area contributed by atoms with Gasteiger partial charge in [-0.25, -0.2) is 8.42 Å². The summed E-state index contributed by atoms with van der Waals surface area (Å²) in [4.78, 5) is 0. The van der Waals surface area contributed by atoms with Gasteiger partial charge < -0.3 is 5.11 Å². The van der Waals surface area contributed by atoms with Gasteiger partial charge in [0.25, 0.3) is 0 Å². The van der Waals surface area contributed by atoms with Gasteiger partial charge in [-0.3, -0.25) is 0 Å². The summed E-state index contributed by atoms with van der Waals surface area (Å²) in [6.45, 7) is 8.17. The van der Waals surface area contributed by atoms with Crippen LogP contribution in [-0.4, -0.2) is 30.6 Å². The monoisotopic (exact) mass is 260 g/mol. The summed E-state index contributed by atoms with van der Waals surface area (Å²) in [5.74, 6) is 0.330. The van der Waals surface area contributed by atoms with E-state index in [9.17, 15) is 13.5 Å². The Morgan fingerprint density at radius 2 is 1.88 bits per heavy atom. The fraction of sp³-hybridized carbons (Fsp3) is 1.00. The number of hydrogen-bond donors (Lipinski definition) is 1. The average Bonchev–Trinajstić information content (AvgIpc) is 2.49. The topological polar surface area (TPSA) is 54.4 Å². The van der Waals surface area contributed by atoms with E-state index in [1.165, 1.54) is 0 Å². The minimum absolute atomic E-state index is 0.0715. The molecule has 0 spiro atoms. The van der Waals surface area contributed by atoms with Crippen molar-refractivity contribution in [1.82, 2.24) is 0 Å². The van der Waals surface area contributed by atoms with Gasteiger partial charge in [0.2, 0.25) is 0 Å². The van der Waals surface area contributed by atoms with Gasteiger partial charge in [-0.2, -0.15) is 0 Å². The lowest BCUT2D eigenvalue weighted by atomic mass is 9.70. The highest BCUT2D eigenvalue weighted by Gasteiger charge is 2.68. The summed E-state index contributed by atoms with van der Waals surface area (Å²) in [5, 5.41) is 9.93. The van der Waals surface area contributed by atoms with E-state index in [1.54, 1.807) is 0 Å². The molecule has 2 rings (SSSR count). The Morgan fingerprint density at radius 1 is 1.29 bits per heavy atom. The first-order valence-corrected chi connectivity index (χ1v) is 8.29. The zero-order valence-corrected chi connectivity index (χ0v) is 12.0. The Balaban J connectivity index is 2.42. The summed E-state index contributed by atoms with van der Waals surface area (Å²) in [5.41, 5.74) is -0.305. The maximum Gasteiger partial charge on any atom is 0.156 e. The molecular weight excluding hydrogens is 236 g/mol. The highest BCUT2D eigenvalue weighted by Crippen LogP contribution is 2.66. The molecule has 1 N–H and O–H groups in total. The van der Waals surface area contributed by atoms with Gasteiger partial charge >= 0.3 is 0 Å². The van der Waals surface area contributed by atoms with Crippen molar-refractivity contribution in [3.63, 3.8) is 0 Å². The van der Waals surface area contributed by atoms with Crippen molar-refractivity contribution < 1.29 is 13.5 Å². The van der Waals surface area contributed by atoms with E-state index < -0.39 is 21.2 Å². The first-order chi connectivity index (χ1) is 7.68. The first-order valence-electron chi connectivity index (χ1n) is 6.58. The van der Waals surface area contributed by atoms with Crippen LogP contribution in [0.1, 0.15) is 47.0 Å². The maximum absolute atomic E-state index is 12.3. The molecule has 2 bridgehead atoms. The largest absolute Gasteiger partial charge is 0.391 e. The van der Waals surface area contributed by atoms with Crippen LogP contribution < -0.4 is 0 Å². The zero-order chi connectivity index (χ0) is 13.1. The summed E-state index contributed by atoms with van der Waals surface area (Å²) in [7, 11) is -3.15. The van der Waals surface area contributed by atoms with Crippen molar-refractivity contribution in [2.45, 2.75) is 58.3 Å². The van der Waals surface area contributed by atoms with Crippen molar-refractivity contribution in [2.75, 3.05) is 5.75 Å². The second-order valence-electron chi connectivity index (χ2n) is 6.56. The first kappa shape index (κ1) is 13.3. The molecule has 2 aliphatic carbocycles. The van der Waals surface area contributed by atoms with Crippen LogP contribution >= 0.6 is 0 Å². The van der Waals surface area contributed by atoms with Crippen LogP contribution in [0.15, 0.2) is 0 Å². The van der Waals surface area contributed by atoms with E-state index in [-0.39, 0.29) is 22.5 Å². The van der Waals surface area contributed by atoms with Crippen molar-refractivity contribution in [1.29, 1.82) is 0 Å². The van der Waals surface area contributed by atoms with Gasteiger partial charge in [-0.05, 0) is 30.6 Å². The molecule has 17 heavy (non-hydrogen) atoms. The minimum Gasteiger partial charge on any atom is -0.391 e. The molecular formula is C13H24O3S. The summed E-state index contributed by atoms with van der Waals surface area (Å²) in [6, 6.07) is 0. The van der Waals surface area contributed by atoms with Gasteiger partial charge in [0.1, 0.15) is 0 Å². The minimum atomic E-state index is -3.15. The van der Waals surface area contributed by atoms with Gasteiger partial charge in [0, 0.05) is 5.41 Å². The van der Waals surface area contributed by atoms with Crippen molar-refractivity contribution >= 4 is 9.84 Å². The molecule has 0 aromatic rings. The SMILES string of the molecule is CCCS(=O)(=O)[C@@H]1[C@H]2CC[C@@](C)([C@@H]1O)C2(C)C.